The molecule has 0 N–H and O–H groups in total. The van der Waals surface area contributed by atoms with Crippen molar-refractivity contribution in [2.75, 3.05) is 0 Å². The number of fused-ring (bicyclic) bond motifs is 3. The normalized spacial score (nSPS) is 13.5. The second-order valence-corrected chi connectivity index (χ2v) is 8.62. The molecule has 0 fully saturated rings. The highest BCUT2D eigenvalue weighted by atomic mass is 79.9. The van der Waals surface area contributed by atoms with Crippen LogP contribution in [-0.2, 0) is 5.41 Å². The van der Waals surface area contributed by atoms with Crippen molar-refractivity contribution in [3.05, 3.63) is 129 Å². The van der Waals surface area contributed by atoms with Crippen molar-refractivity contribution in [3.8, 4) is 11.1 Å². The molecule has 0 radical (unpaired) electrons. The summed E-state index contributed by atoms with van der Waals surface area (Å²) < 4.78 is 1.05. The molecular weight excluding hydrogens is 432 g/mol. The molecule has 30 heavy (non-hydrogen) atoms. The molecule has 4 aromatic carbocycles. The third kappa shape index (κ3) is 2.71. The van der Waals surface area contributed by atoms with Crippen molar-refractivity contribution >= 4 is 21.7 Å². The maximum Gasteiger partial charge on any atom is 0.162 e. The monoisotopic (exact) mass is 452 g/mol. The van der Waals surface area contributed by atoms with E-state index in [4.69, 9.17) is 0 Å². The van der Waals surface area contributed by atoms with E-state index in [9.17, 15) is 4.79 Å². The second kappa shape index (κ2) is 7.37. The molecule has 0 aromatic heterocycles. The Morgan fingerprint density at radius 2 is 1.27 bits per heavy atom. The summed E-state index contributed by atoms with van der Waals surface area (Å²) >= 11 is 3.70. The van der Waals surface area contributed by atoms with Gasteiger partial charge in [0.05, 0.1) is 5.41 Å². The standard InChI is InChI=1S/C28H21BrO/c1-2-27(30)19-13-15-23-24-16-14-22(29)18-26(24)28(25(23)17-19,20-9-5-3-6-10-20)21-11-7-4-8-12-21/h3-18H,2H2,1H3. The number of carbonyl (C=O) groups excluding carboxylic acids is 1. The van der Waals surface area contributed by atoms with Crippen molar-refractivity contribution in [2.24, 2.45) is 0 Å². The van der Waals surface area contributed by atoms with Crippen LogP contribution in [0.25, 0.3) is 11.1 Å². The molecule has 0 saturated heterocycles. The van der Waals surface area contributed by atoms with E-state index >= 15 is 0 Å². The number of hydrogen-bond acceptors (Lipinski definition) is 1. The van der Waals surface area contributed by atoms with Crippen molar-refractivity contribution in [3.63, 3.8) is 0 Å². The lowest BCUT2D eigenvalue weighted by molar-refractivity contribution is 0.0988. The van der Waals surface area contributed by atoms with Gasteiger partial charge >= 0.3 is 0 Å². The van der Waals surface area contributed by atoms with Crippen LogP contribution in [0.3, 0.4) is 0 Å². The largest absolute Gasteiger partial charge is 0.294 e. The van der Waals surface area contributed by atoms with Gasteiger partial charge in [0.15, 0.2) is 5.78 Å². The fraction of sp³-hybridized carbons (Fsp3) is 0.107. The Kier molecular flexibility index (Phi) is 4.67. The van der Waals surface area contributed by atoms with Gasteiger partial charge in [0, 0.05) is 16.5 Å². The molecule has 1 nitrogen and oxygen atoms in total. The molecule has 0 aliphatic heterocycles. The van der Waals surface area contributed by atoms with E-state index in [1.807, 2.05) is 13.0 Å². The summed E-state index contributed by atoms with van der Waals surface area (Å²) in [6.45, 7) is 1.92. The highest BCUT2D eigenvalue weighted by Crippen LogP contribution is 2.56. The van der Waals surface area contributed by atoms with E-state index in [0.717, 1.165) is 10.0 Å². The molecule has 5 rings (SSSR count). The average Bonchev–Trinajstić information content (AvgIpc) is 3.09. The Bertz CT molecular complexity index is 1200. The predicted molar refractivity (Wildman–Crippen MR) is 126 cm³/mol. The highest BCUT2D eigenvalue weighted by molar-refractivity contribution is 9.10. The van der Waals surface area contributed by atoms with Crippen LogP contribution in [0.2, 0.25) is 0 Å². The van der Waals surface area contributed by atoms with Crippen LogP contribution in [0.1, 0.15) is 46.0 Å². The molecule has 4 aromatic rings. The van der Waals surface area contributed by atoms with Gasteiger partial charge in [-0.15, -0.1) is 0 Å². The minimum Gasteiger partial charge on any atom is -0.294 e. The summed E-state index contributed by atoms with van der Waals surface area (Å²) in [6.07, 6.45) is 0.501. The summed E-state index contributed by atoms with van der Waals surface area (Å²) in [6, 6.07) is 34.0. The maximum atomic E-state index is 12.6. The fourth-order valence-electron chi connectivity index (χ4n) is 4.84. The summed E-state index contributed by atoms with van der Waals surface area (Å²) in [5.41, 5.74) is 7.54. The van der Waals surface area contributed by atoms with Gasteiger partial charge in [0.25, 0.3) is 0 Å². The molecule has 0 unspecified atom stereocenters. The molecule has 1 aliphatic carbocycles. The lowest BCUT2D eigenvalue weighted by Gasteiger charge is -2.34. The predicted octanol–water partition coefficient (Wildman–Crippen LogP) is 7.40. The van der Waals surface area contributed by atoms with Gasteiger partial charge in [0.2, 0.25) is 0 Å². The zero-order chi connectivity index (χ0) is 20.7. The van der Waals surface area contributed by atoms with Gasteiger partial charge in [-0.1, -0.05) is 102 Å². The molecule has 0 spiro atoms. The molecule has 146 valence electrons. The zero-order valence-corrected chi connectivity index (χ0v) is 18.3. The number of ketones is 1. The van der Waals surface area contributed by atoms with E-state index in [0.29, 0.717) is 6.42 Å². The number of Topliss-reactive ketones (excluding diaryl/α,β-unsaturated/α-hetero) is 1. The van der Waals surface area contributed by atoms with Crippen LogP contribution >= 0.6 is 15.9 Å². The molecule has 2 heteroatoms. The van der Waals surface area contributed by atoms with E-state index in [2.05, 4.69) is 107 Å². The lowest BCUT2D eigenvalue weighted by atomic mass is 9.67. The van der Waals surface area contributed by atoms with Crippen LogP contribution in [0.4, 0.5) is 0 Å². The molecule has 0 saturated carbocycles. The van der Waals surface area contributed by atoms with Gasteiger partial charge in [-0.3, -0.25) is 4.79 Å². The van der Waals surface area contributed by atoms with E-state index in [1.165, 1.54) is 33.4 Å². The Balaban J connectivity index is 1.95. The maximum absolute atomic E-state index is 12.6. The third-order valence-corrected chi connectivity index (χ3v) is 6.65. The van der Waals surface area contributed by atoms with Crippen molar-refractivity contribution in [1.82, 2.24) is 0 Å². The number of benzene rings is 4. The van der Waals surface area contributed by atoms with Crippen molar-refractivity contribution < 1.29 is 4.79 Å². The van der Waals surface area contributed by atoms with Crippen LogP contribution < -0.4 is 0 Å². The molecule has 0 bridgehead atoms. The van der Waals surface area contributed by atoms with Gasteiger partial charge in [-0.25, -0.2) is 0 Å². The van der Waals surface area contributed by atoms with Gasteiger partial charge in [-0.2, -0.15) is 0 Å². The SMILES string of the molecule is CCC(=O)c1ccc2c(c1)C(c1ccccc1)(c1ccccc1)c1cc(Br)ccc1-2. The summed E-state index contributed by atoms with van der Waals surface area (Å²) in [4.78, 5) is 12.6. The first-order chi connectivity index (χ1) is 14.7. The summed E-state index contributed by atoms with van der Waals surface area (Å²) in [7, 11) is 0. The Hall–Kier alpha value is -2.97. The third-order valence-electron chi connectivity index (χ3n) is 6.16. The van der Waals surface area contributed by atoms with E-state index < -0.39 is 5.41 Å². The Morgan fingerprint density at radius 3 is 1.83 bits per heavy atom. The second-order valence-electron chi connectivity index (χ2n) is 7.71. The fourth-order valence-corrected chi connectivity index (χ4v) is 5.20. The number of halogens is 1. The smallest absolute Gasteiger partial charge is 0.162 e. The van der Waals surface area contributed by atoms with Crippen molar-refractivity contribution in [2.45, 2.75) is 18.8 Å². The quantitative estimate of drug-likeness (QED) is 0.259. The number of rotatable bonds is 4. The minimum atomic E-state index is -0.471. The molecule has 0 atom stereocenters. The zero-order valence-electron chi connectivity index (χ0n) is 16.7. The molecule has 0 heterocycles. The van der Waals surface area contributed by atoms with Crippen LogP contribution in [0, 0.1) is 0 Å². The first-order valence-corrected chi connectivity index (χ1v) is 11.0. The topological polar surface area (TPSA) is 17.1 Å². The minimum absolute atomic E-state index is 0.171. The first-order valence-electron chi connectivity index (χ1n) is 10.3. The van der Waals surface area contributed by atoms with Crippen molar-refractivity contribution in [1.29, 1.82) is 0 Å². The van der Waals surface area contributed by atoms with E-state index in [1.54, 1.807) is 0 Å². The average molecular weight is 453 g/mol. The molecule has 0 amide bonds. The van der Waals surface area contributed by atoms with E-state index in [-0.39, 0.29) is 5.78 Å². The number of hydrogen-bond donors (Lipinski definition) is 0. The van der Waals surface area contributed by atoms with Gasteiger partial charge < -0.3 is 0 Å². The van der Waals surface area contributed by atoms with Gasteiger partial charge in [-0.05, 0) is 51.6 Å². The van der Waals surface area contributed by atoms with Crippen LogP contribution in [0.15, 0.2) is 102 Å². The molecule has 1 aliphatic rings. The number of carbonyl (C=O) groups is 1. The summed E-state index contributed by atoms with van der Waals surface area (Å²) in [5, 5.41) is 0. The van der Waals surface area contributed by atoms with Gasteiger partial charge in [0.1, 0.15) is 0 Å². The Labute approximate surface area is 185 Å². The lowest BCUT2D eigenvalue weighted by Crippen LogP contribution is -2.28. The Morgan fingerprint density at radius 1 is 0.733 bits per heavy atom. The van der Waals surface area contributed by atoms with Crippen LogP contribution in [0.5, 0.6) is 0 Å². The first kappa shape index (κ1) is 19.0. The molecular formula is C28H21BrO. The highest BCUT2D eigenvalue weighted by Gasteiger charge is 2.46. The van der Waals surface area contributed by atoms with Crippen LogP contribution in [-0.4, -0.2) is 5.78 Å². The summed E-state index contributed by atoms with van der Waals surface area (Å²) in [5.74, 6) is 0.171.